The molecule has 1 amide bonds. The molecule has 0 aliphatic carbocycles. The van der Waals surface area contributed by atoms with Crippen LogP contribution < -0.4 is 14.8 Å². The standard InChI is InChI=1S/C32H31NO6/c1-37-32(36)27(33-31(35)30(34)26-15-9-4-10-16-26)19-25-17-18-28(38-21-23-11-5-2-6-12-23)29(20-25)39-22-24-13-7-3-8-14-24/h2-18,20,27,30,34H,19,21-22H2,1H3,(H,33,35)/t27-,30+/m1/s1. The molecule has 0 radical (unpaired) electrons. The van der Waals surface area contributed by atoms with Crippen LogP contribution in [0, 0.1) is 0 Å². The van der Waals surface area contributed by atoms with Crippen LogP contribution in [0.25, 0.3) is 0 Å². The van der Waals surface area contributed by atoms with E-state index in [1.807, 2.05) is 66.7 Å². The van der Waals surface area contributed by atoms with E-state index in [1.165, 1.54) is 7.11 Å². The lowest BCUT2D eigenvalue weighted by molar-refractivity contribution is -0.146. The van der Waals surface area contributed by atoms with E-state index < -0.39 is 24.0 Å². The Kier molecular flexibility index (Phi) is 9.69. The van der Waals surface area contributed by atoms with E-state index in [4.69, 9.17) is 14.2 Å². The molecule has 4 rings (SSSR count). The number of carbonyl (C=O) groups is 2. The first kappa shape index (κ1) is 27.4. The Bertz CT molecular complexity index is 1350. The average Bonchev–Trinajstić information content (AvgIpc) is 2.99. The number of ether oxygens (including phenoxy) is 3. The minimum Gasteiger partial charge on any atom is -0.485 e. The van der Waals surface area contributed by atoms with Gasteiger partial charge in [0, 0.05) is 6.42 Å². The molecule has 0 saturated heterocycles. The summed E-state index contributed by atoms with van der Waals surface area (Å²) in [6.07, 6.45) is -1.29. The summed E-state index contributed by atoms with van der Waals surface area (Å²) in [6.45, 7) is 0.687. The second-order valence-corrected chi connectivity index (χ2v) is 8.93. The van der Waals surface area contributed by atoms with Crippen LogP contribution in [-0.4, -0.2) is 30.1 Å². The summed E-state index contributed by atoms with van der Waals surface area (Å²) in [7, 11) is 1.25. The van der Waals surface area contributed by atoms with Crippen LogP contribution in [0.3, 0.4) is 0 Å². The van der Waals surface area contributed by atoms with E-state index in [9.17, 15) is 14.7 Å². The van der Waals surface area contributed by atoms with Gasteiger partial charge in [-0.2, -0.15) is 0 Å². The van der Waals surface area contributed by atoms with Gasteiger partial charge in [0.25, 0.3) is 5.91 Å². The third-order valence-corrected chi connectivity index (χ3v) is 6.09. The summed E-state index contributed by atoms with van der Waals surface area (Å²) < 4.78 is 17.1. The van der Waals surface area contributed by atoms with Crippen LogP contribution in [0.5, 0.6) is 11.5 Å². The van der Waals surface area contributed by atoms with Crippen LogP contribution in [0.2, 0.25) is 0 Å². The number of carbonyl (C=O) groups excluding carboxylic acids is 2. The lowest BCUT2D eigenvalue weighted by Crippen LogP contribution is -2.45. The molecule has 4 aromatic rings. The number of esters is 1. The summed E-state index contributed by atoms with van der Waals surface area (Å²) in [6, 6.07) is 32.4. The molecule has 0 fully saturated rings. The molecule has 39 heavy (non-hydrogen) atoms. The highest BCUT2D eigenvalue weighted by molar-refractivity contribution is 5.87. The van der Waals surface area contributed by atoms with Crippen LogP contribution >= 0.6 is 0 Å². The molecule has 0 heterocycles. The highest BCUT2D eigenvalue weighted by atomic mass is 16.5. The van der Waals surface area contributed by atoms with Crippen molar-refractivity contribution in [3.63, 3.8) is 0 Å². The molecule has 0 spiro atoms. The first-order valence-electron chi connectivity index (χ1n) is 12.6. The number of rotatable bonds is 12. The van der Waals surface area contributed by atoms with Crippen molar-refractivity contribution >= 4 is 11.9 Å². The molecule has 200 valence electrons. The second-order valence-electron chi connectivity index (χ2n) is 8.93. The molecule has 0 aromatic heterocycles. The summed E-state index contributed by atoms with van der Waals surface area (Å²) >= 11 is 0. The van der Waals surface area contributed by atoms with Gasteiger partial charge in [-0.15, -0.1) is 0 Å². The fourth-order valence-corrected chi connectivity index (χ4v) is 3.99. The predicted octanol–water partition coefficient (Wildman–Crippen LogP) is 4.78. The summed E-state index contributed by atoms with van der Waals surface area (Å²) in [5.41, 5.74) is 3.15. The molecule has 2 atom stereocenters. The van der Waals surface area contributed by atoms with Crippen LogP contribution in [0.1, 0.15) is 28.4 Å². The lowest BCUT2D eigenvalue weighted by atomic mass is 10.0. The Morgan fingerprint density at radius 2 is 1.26 bits per heavy atom. The molecule has 0 aliphatic rings. The summed E-state index contributed by atoms with van der Waals surface area (Å²) in [5.74, 6) is -0.261. The zero-order valence-corrected chi connectivity index (χ0v) is 21.7. The normalized spacial score (nSPS) is 12.2. The maximum absolute atomic E-state index is 12.8. The van der Waals surface area contributed by atoms with Crippen molar-refractivity contribution in [2.75, 3.05) is 7.11 Å². The van der Waals surface area contributed by atoms with E-state index >= 15 is 0 Å². The lowest BCUT2D eigenvalue weighted by Gasteiger charge is -2.20. The molecule has 4 aromatic carbocycles. The van der Waals surface area contributed by atoms with Crippen molar-refractivity contribution in [1.29, 1.82) is 0 Å². The molecule has 0 bridgehead atoms. The zero-order valence-electron chi connectivity index (χ0n) is 21.7. The maximum atomic E-state index is 12.8. The molecule has 7 heteroatoms. The SMILES string of the molecule is COC(=O)[C@@H](Cc1ccc(OCc2ccccc2)c(OCc2ccccc2)c1)NC(=O)[C@@H](O)c1ccccc1. The van der Waals surface area contributed by atoms with Crippen molar-refractivity contribution in [3.8, 4) is 11.5 Å². The Morgan fingerprint density at radius 1 is 0.718 bits per heavy atom. The number of nitrogens with one attached hydrogen (secondary N) is 1. The zero-order chi connectivity index (χ0) is 27.5. The molecule has 0 unspecified atom stereocenters. The van der Waals surface area contributed by atoms with Gasteiger partial charge in [-0.3, -0.25) is 4.79 Å². The Labute approximate surface area is 228 Å². The molecule has 2 N–H and O–H groups in total. The van der Waals surface area contributed by atoms with Crippen LogP contribution in [0.15, 0.2) is 109 Å². The van der Waals surface area contributed by atoms with Gasteiger partial charge in [0.2, 0.25) is 0 Å². The third kappa shape index (κ3) is 7.93. The number of hydrogen-bond donors (Lipinski definition) is 2. The van der Waals surface area contributed by atoms with Gasteiger partial charge in [0.1, 0.15) is 19.3 Å². The molecule has 0 saturated carbocycles. The molecular formula is C32H31NO6. The largest absolute Gasteiger partial charge is 0.485 e. The van der Waals surface area contributed by atoms with Crippen molar-refractivity contribution in [2.45, 2.75) is 31.8 Å². The minimum absolute atomic E-state index is 0.126. The average molecular weight is 526 g/mol. The monoisotopic (exact) mass is 525 g/mol. The number of amides is 1. The van der Waals surface area contributed by atoms with Gasteiger partial charge < -0.3 is 24.6 Å². The number of methoxy groups -OCH3 is 1. The van der Waals surface area contributed by atoms with Crippen LogP contribution in [-0.2, 0) is 34.0 Å². The van der Waals surface area contributed by atoms with E-state index in [1.54, 1.807) is 42.5 Å². The van der Waals surface area contributed by atoms with E-state index in [-0.39, 0.29) is 6.42 Å². The third-order valence-electron chi connectivity index (χ3n) is 6.09. The predicted molar refractivity (Wildman–Crippen MR) is 147 cm³/mol. The number of hydrogen-bond acceptors (Lipinski definition) is 6. The van der Waals surface area contributed by atoms with Gasteiger partial charge in [0.05, 0.1) is 7.11 Å². The quantitative estimate of drug-likeness (QED) is 0.259. The Balaban J connectivity index is 1.52. The Morgan fingerprint density at radius 3 is 1.82 bits per heavy atom. The molecular weight excluding hydrogens is 494 g/mol. The van der Waals surface area contributed by atoms with Gasteiger partial charge in [-0.25, -0.2) is 4.79 Å². The van der Waals surface area contributed by atoms with Crippen molar-refractivity contribution in [1.82, 2.24) is 5.32 Å². The first-order chi connectivity index (χ1) is 19.0. The molecule has 7 nitrogen and oxygen atoms in total. The van der Waals surface area contributed by atoms with Crippen molar-refractivity contribution in [2.24, 2.45) is 0 Å². The highest BCUT2D eigenvalue weighted by Crippen LogP contribution is 2.31. The number of benzene rings is 4. The summed E-state index contributed by atoms with van der Waals surface area (Å²) in [4.78, 5) is 25.3. The van der Waals surface area contributed by atoms with Crippen molar-refractivity contribution < 1.29 is 28.9 Å². The highest BCUT2D eigenvalue weighted by Gasteiger charge is 2.26. The van der Waals surface area contributed by atoms with E-state index in [0.29, 0.717) is 30.3 Å². The number of aliphatic hydroxyl groups excluding tert-OH is 1. The number of aliphatic hydroxyl groups is 1. The molecule has 0 aliphatic heterocycles. The van der Waals surface area contributed by atoms with Gasteiger partial charge in [0.15, 0.2) is 17.6 Å². The smallest absolute Gasteiger partial charge is 0.328 e. The topological polar surface area (TPSA) is 94.1 Å². The fourth-order valence-electron chi connectivity index (χ4n) is 3.99. The first-order valence-corrected chi connectivity index (χ1v) is 12.6. The summed E-state index contributed by atoms with van der Waals surface area (Å²) in [5, 5.41) is 13.1. The van der Waals surface area contributed by atoms with Gasteiger partial charge >= 0.3 is 5.97 Å². The van der Waals surface area contributed by atoms with Gasteiger partial charge in [-0.1, -0.05) is 97.1 Å². The minimum atomic E-state index is -1.42. The van der Waals surface area contributed by atoms with Crippen LogP contribution in [0.4, 0.5) is 0 Å². The van der Waals surface area contributed by atoms with E-state index in [2.05, 4.69) is 5.32 Å². The van der Waals surface area contributed by atoms with Gasteiger partial charge in [-0.05, 0) is 34.4 Å². The van der Waals surface area contributed by atoms with E-state index in [0.717, 1.165) is 16.7 Å². The maximum Gasteiger partial charge on any atom is 0.328 e. The van der Waals surface area contributed by atoms with Crippen molar-refractivity contribution in [3.05, 3.63) is 131 Å². The fraction of sp³-hybridized carbons (Fsp3) is 0.188. The second kappa shape index (κ2) is 13.8. The Hall–Kier alpha value is -4.62.